The monoisotopic (exact) mass is 576 g/mol. The number of rotatable bonds is 9. The molecule has 1 aliphatic rings. The molecule has 0 saturated carbocycles. The maximum atomic E-state index is 13.8. The Morgan fingerprint density at radius 3 is 2.68 bits per heavy atom. The first-order valence-electron chi connectivity index (χ1n) is 13.1. The van der Waals surface area contributed by atoms with Crippen molar-refractivity contribution in [2.75, 3.05) is 18.4 Å². The van der Waals surface area contributed by atoms with Crippen molar-refractivity contribution in [3.05, 3.63) is 108 Å². The molecule has 0 spiro atoms. The van der Waals surface area contributed by atoms with E-state index in [2.05, 4.69) is 15.6 Å². The number of fused-ring (bicyclic) bond motifs is 1. The summed E-state index contributed by atoms with van der Waals surface area (Å²) < 4.78 is 47.6. The maximum absolute atomic E-state index is 13.8. The highest BCUT2D eigenvalue weighted by molar-refractivity contribution is 7.90. The third-order valence-corrected chi connectivity index (χ3v) is 8.02. The van der Waals surface area contributed by atoms with Crippen molar-refractivity contribution >= 4 is 21.7 Å². The van der Waals surface area contributed by atoms with E-state index in [1.54, 1.807) is 30.6 Å². The molecule has 41 heavy (non-hydrogen) atoms. The fourth-order valence-electron chi connectivity index (χ4n) is 4.57. The molecule has 1 aromatic heterocycles. The van der Waals surface area contributed by atoms with E-state index in [9.17, 15) is 22.7 Å². The van der Waals surface area contributed by atoms with E-state index in [4.69, 9.17) is 4.74 Å². The summed E-state index contributed by atoms with van der Waals surface area (Å²) in [7, 11) is -4.22. The van der Waals surface area contributed by atoms with Crippen LogP contribution in [-0.4, -0.2) is 43.7 Å². The van der Waals surface area contributed by atoms with Crippen LogP contribution in [0.3, 0.4) is 0 Å². The van der Waals surface area contributed by atoms with Crippen LogP contribution >= 0.6 is 0 Å². The summed E-state index contributed by atoms with van der Waals surface area (Å²) in [6.45, 7) is 0.964. The van der Waals surface area contributed by atoms with Crippen molar-refractivity contribution in [3.63, 3.8) is 0 Å². The Hall–Kier alpha value is -4.32. The summed E-state index contributed by atoms with van der Waals surface area (Å²) in [6, 6.07) is 19.9. The lowest BCUT2D eigenvalue weighted by Crippen LogP contribution is -2.36. The average Bonchev–Trinajstić information content (AvgIpc) is 2.98. The van der Waals surface area contributed by atoms with Crippen LogP contribution < -0.4 is 20.1 Å². The lowest BCUT2D eigenvalue weighted by atomic mass is 9.97. The minimum Gasteiger partial charge on any atom is -0.489 e. The zero-order chi connectivity index (χ0) is 28.8. The Labute approximate surface area is 237 Å². The topological polar surface area (TPSA) is 130 Å². The molecule has 0 unspecified atom stereocenters. The van der Waals surface area contributed by atoms with Gasteiger partial charge in [0.15, 0.2) is 0 Å². The predicted molar refractivity (Wildman–Crippen MR) is 152 cm³/mol. The summed E-state index contributed by atoms with van der Waals surface area (Å²) in [6.07, 6.45) is 4.15. The van der Waals surface area contributed by atoms with E-state index in [1.165, 1.54) is 30.3 Å². The van der Waals surface area contributed by atoms with Crippen LogP contribution in [0.2, 0.25) is 0 Å². The van der Waals surface area contributed by atoms with Gasteiger partial charge < -0.3 is 20.5 Å². The number of carbonyl (C=O) groups is 1. The number of ether oxygens (including phenoxy) is 1. The first-order valence-corrected chi connectivity index (χ1v) is 14.5. The smallest absolute Gasteiger partial charge is 0.333 e. The van der Waals surface area contributed by atoms with E-state index >= 15 is 0 Å². The fraction of sp³-hybridized carbons (Fsp3) is 0.200. The zero-order valence-electron chi connectivity index (χ0n) is 22.0. The average molecular weight is 577 g/mol. The van der Waals surface area contributed by atoms with Gasteiger partial charge in [0.05, 0.1) is 16.7 Å². The highest BCUT2D eigenvalue weighted by Gasteiger charge is 2.22. The molecule has 0 radical (unpaired) electrons. The Morgan fingerprint density at radius 2 is 1.88 bits per heavy atom. The number of benzene rings is 3. The number of aliphatic hydroxyl groups is 1. The summed E-state index contributed by atoms with van der Waals surface area (Å²) in [5.41, 5.74) is 3.08. The van der Waals surface area contributed by atoms with Crippen molar-refractivity contribution in [2.24, 2.45) is 0 Å². The van der Waals surface area contributed by atoms with Gasteiger partial charge in [-0.3, -0.25) is 4.98 Å². The van der Waals surface area contributed by atoms with Gasteiger partial charge in [-0.05, 0) is 72.0 Å². The van der Waals surface area contributed by atoms with E-state index in [-0.39, 0.29) is 16.7 Å². The molecule has 3 aromatic carbocycles. The zero-order valence-corrected chi connectivity index (χ0v) is 22.8. The number of carbonyl (C=O) groups excluding carboxylic acids is 1. The molecule has 0 saturated heterocycles. The summed E-state index contributed by atoms with van der Waals surface area (Å²) in [4.78, 5) is 16.2. The first-order chi connectivity index (χ1) is 19.8. The normalized spacial score (nSPS) is 15.3. The first kappa shape index (κ1) is 28.2. The van der Waals surface area contributed by atoms with Crippen molar-refractivity contribution in [1.82, 2.24) is 15.0 Å². The Balaban J connectivity index is 1.20. The second-order valence-electron chi connectivity index (χ2n) is 9.63. The molecule has 2 atom stereocenters. The van der Waals surface area contributed by atoms with Gasteiger partial charge in [0.2, 0.25) is 0 Å². The number of para-hydroxylation sites is 1. The number of hydrogen-bond donors (Lipinski definition) is 4. The number of aromatic nitrogens is 1. The Bertz CT molecular complexity index is 1640. The van der Waals surface area contributed by atoms with Crippen LogP contribution in [0.1, 0.15) is 23.7 Å². The summed E-state index contributed by atoms with van der Waals surface area (Å²) >= 11 is 0. The highest BCUT2D eigenvalue weighted by Crippen LogP contribution is 2.32. The molecule has 0 fully saturated rings. The Morgan fingerprint density at radius 1 is 1.05 bits per heavy atom. The van der Waals surface area contributed by atoms with E-state index in [0.717, 1.165) is 41.3 Å². The number of sulfonamides is 1. The number of aliphatic hydroxyl groups excluding tert-OH is 1. The number of pyridine rings is 1. The molecule has 4 aromatic rings. The summed E-state index contributed by atoms with van der Waals surface area (Å²) in [5.74, 6) is 0.0792. The number of anilines is 1. The molecule has 4 N–H and O–H groups in total. The van der Waals surface area contributed by atoms with Crippen LogP contribution in [0.5, 0.6) is 5.75 Å². The number of halogens is 1. The quantitative estimate of drug-likeness (QED) is 0.232. The van der Waals surface area contributed by atoms with Crippen molar-refractivity contribution in [3.8, 4) is 16.9 Å². The van der Waals surface area contributed by atoms with E-state index in [0.29, 0.717) is 18.7 Å². The van der Waals surface area contributed by atoms with Gasteiger partial charge in [-0.15, -0.1) is 0 Å². The third kappa shape index (κ3) is 7.07. The van der Waals surface area contributed by atoms with Gasteiger partial charge in [-0.2, -0.15) is 0 Å². The molecule has 0 bridgehead atoms. The largest absolute Gasteiger partial charge is 0.489 e. The van der Waals surface area contributed by atoms with Gasteiger partial charge in [0.1, 0.15) is 17.7 Å². The minimum atomic E-state index is -4.22. The number of nitrogens with one attached hydrogen (secondary N) is 3. The van der Waals surface area contributed by atoms with Crippen molar-refractivity contribution in [1.29, 1.82) is 0 Å². The number of nitrogens with zero attached hydrogens (tertiary/aromatic N) is 1. The standard InChI is InChI=1S/C30H29FN4O5S/c31-26-8-1-2-9-27(26)34-30(37)35-41(38,39)25-7-3-5-20(16-25)21-11-13-29-22(15-21)10-12-24(40-29)18-33-19-28(36)23-6-4-14-32-17-23/h1-9,11,13-17,24,28,33,36H,10,12,18-19H2,(H2,34,35,37)/t24-,28+/m1/s1. The lowest BCUT2D eigenvalue weighted by Gasteiger charge is -2.27. The van der Waals surface area contributed by atoms with Gasteiger partial charge in [-0.1, -0.05) is 36.4 Å². The number of hydrogen-bond acceptors (Lipinski definition) is 7. The molecule has 5 rings (SSSR count). The van der Waals surface area contributed by atoms with E-state index < -0.39 is 28.0 Å². The van der Waals surface area contributed by atoms with Gasteiger partial charge >= 0.3 is 6.03 Å². The van der Waals surface area contributed by atoms with Gasteiger partial charge in [0, 0.05) is 31.0 Å². The predicted octanol–water partition coefficient (Wildman–Crippen LogP) is 4.41. The molecular weight excluding hydrogens is 547 g/mol. The number of amides is 2. The maximum Gasteiger partial charge on any atom is 0.333 e. The molecular formula is C30H29FN4O5S. The molecule has 1 aliphatic heterocycles. The number of urea groups is 1. The van der Waals surface area contributed by atoms with Crippen LogP contribution in [0, 0.1) is 5.82 Å². The Kier molecular flexibility index (Phi) is 8.58. The van der Waals surface area contributed by atoms with Crippen molar-refractivity contribution in [2.45, 2.75) is 29.9 Å². The molecule has 2 heterocycles. The van der Waals surface area contributed by atoms with E-state index in [1.807, 2.05) is 29.0 Å². The van der Waals surface area contributed by atoms with Crippen LogP contribution in [-0.2, 0) is 16.4 Å². The van der Waals surface area contributed by atoms with Crippen LogP contribution in [0.4, 0.5) is 14.9 Å². The van der Waals surface area contributed by atoms with Crippen LogP contribution in [0.15, 0.2) is 96.2 Å². The molecule has 11 heteroatoms. The minimum absolute atomic E-state index is 0.0514. The second kappa shape index (κ2) is 12.5. The summed E-state index contributed by atoms with van der Waals surface area (Å²) in [5, 5.41) is 15.8. The SMILES string of the molecule is O=C(Nc1ccccc1F)NS(=O)(=O)c1cccc(-c2ccc3c(c2)CC[C@H](CNC[C@H](O)c2cccnc2)O3)c1. The van der Waals surface area contributed by atoms with Crippen molar-refractivity contribution < 1.29 is 27.4 Å². The molecule has 0 aliphatic carbocycles. The molecule has 212 valence electrons. The number of aryl methyl sites for hydroxylation is 1. The van der Waals surface area contributed by atoms with Gasteiger partial charge in [-0.25, -0.2) is 22.3 Å². The molecule has 2 amide bonds. The molecule has 9 nitrogen and oxygen atoms in total. The lowest BCUT2D eigenvalue weighted by molar-refractivity contribution is 0.146. The fourth-order valence-corrected chi connectivity index (χ4v) is 5.53. The van der Waals surface area contributed by atoms with Crippen LogP contribution in [0.25, 0.3) is 11.1 Å². The highest BCUT2D eigenvalue weighted by atomic mass is 32.2. The van der Waals surface area contributed by atoms with Gasteiger partial charge in [0.25, 0.3) is 10.0 Å². The third-order valence-electron chi connectivity index (χ3n) is 6.70. The second-order valence-corrected chi connectivity index (χ2v) is 11.3.